The molecule has 0 aromatic heterocycles. The highest BCUT2D eigenvalue weighted by Crippen LogP contribution is 2.37. The molecule has 6 rings (SSSR count). The first-order valence-corrected chi connectivity index (χ1v) is 14.4. The molecule has 4 saturated heterocycles. The minimum atomic E-state index is -3.52. The highest BCUT2D eigenvalue weighted by Gasteiger charge is 2.41. The Morgan fingerprint density at radius 2 is 1.77 bits per heavy atom. The molecule has 0 aliphatic carbocycles. The van der Waals surface area contributed by atoms with Crippen LogP contribution in [-0.4, -0.2) is 83.7 Å². The van der Waals surface area contributed by atoms with Crippen molar-refractivity contribution in [2.24, 2.45) is 11.8 Å². The summed E-state index contributed by atoms with van der Waals surface area (Å²) in [6, 6.07) is 14.9. The van der Waals surface area contributed by atoms with Crippen LogP contribution >= 0.6 is 11.6 Å². The second-order valence-corrected chi connectivity index (χ2v) is 12.2. The van der Waals surface area contributed by atoms with Gasteiger partial charge in [-0.1, -0.05) is 23.7 Å². The first kappa shape index (κ1) is 24.8. The largest absolute Gasteiger partial charge is 0.495 e. The SMILES string of the molecule is COc1ccccc1N1CCN(C[C@H]2CN3CC[C@H]2C[C@@H]3CNS(=O)(=O)c2ccc(Cl)cc2)CC1. The molecule has 4 aliphatic rings. The third-order valence-corrected chi connectivity index (χ3v) is 9.63. The topological polar surface area (TPSA) is 65.1 Å². The van der Waals surface area contributed by atoms with Crippen LogP contribution in [0.3, 0.4) is 0 Å². The summed E-state index contributed by atoms with van der Waals surface area (Å²) in [4.78, 5) is 7.80. The summed E-state index contributed by atoms with van der Waals surface area (Å²) in [5.74, 6) is 2.26. The van der Waals surface area contributed by atoms with Crippen LogP contribution in [0.2, 0.25) is 5.02 Å². The quantitative estimate of drug-likeness (QED) is 0.579. The number of methoxy groups -OCH3 is 1. The van der Waals surface area contributed by atoms with Gasteiger partial charge in [0.15, 0.2) is 0 Å². The molecule has 2 aromatic rings. The van der Waals surface area contributed by atoms with Crippen LogP contribution in [-0.2, 0) is 10.0 Å². The molecule has 190 valence electrons. The maximum atomic E-state index is 12.7. The van der Waals surface area contributed by atoms with Crippen molar-refractivity contribution in [3.05, 3.63) is 53.6 Å². The number of fused-ring (bicyclic) bond motifs is 3. The number of halogens is 1. The van der Waals surface area contributed by atoms with E-state index in [1.54, 1.807) is 31.4 Å². The summed E-state index contributed by atoms with van der Waals surface area (Å²) in [6.07, 6.45) is 2.28. The highest BCUT2D eigenvalue weighted by atomic mass is 35.5. The lowest BCUT2D eigenvalue weighted by molar-refractivity contribution is -0.0107. The van der Waals surface area contributed by atoms with Crippen LogP contribution < -0.4 is 14.4 Å². The number of sulfonamides is 1. The molecule has 1 unspecified atom stereocenters. The minimum Gasteiger partial charge on any atom is -0.495 e. The van der Waals surface area contributed by atoms with Gasteiger partial charge in [0.05, 0.1) is 17.7 Å². The molecule has 1 N–H and O–H groups in total. The molecule has 2 bridgehead atoms. The van der Waals surface area contributed by atoms with Crippen LogP contribution in [0.25, 0.3) is 0 Å². The fraction of sp³-hybridized carbons (Fsp3) is 0.538. The molecule has 4 aliphatic heterocycles. The van der Waals surface area contributed by atoms with E-state index in [2.05, 4.69) is 31.6 Å². The lowest BCUT2D eigenvalue weighted by Gasteiger charge is -2.51. The monoisotopic (exact) mass is 518 g/mol. The fourth-order valence-electron chi connectivity index (χ4n) is 5.97. The van der Waals surface area contributed by atoms with Crippen molar-refractivity contribution in [1.29, 1.82) is 0 Å². The van der Waals surface area contributed by atoms with Gasteiger partial charge in [-0.3, -0.25) is 9.80 Å². The molecule has 2 aromatic carbocycles. The molecular formula is C26H35ClN4O3S. The van der Waals surface area contributed by atoms with Crippen molar-refractivity contribution in [1.82, 2.24) is 14.5 Å². The van der Waals surface area contributed by atoms with Crippen LogP contribution in [0, 0.1) is 11.8 Å². The van der Waals surface area contributed by atoms with E-state index in [4.69, 9.17) is 16.3 Å². The lowest BCUT2D eigenvalue weighted by atomic mass is 9.75. The molecule has 0 amide bonds. The van der Waals surface area contributed by atoms with E-state index < -0.39 is 10.0 Å². The molecule has 35 heavy (non-hydrogen) atoms. The zero-order valence-corrected chi connectivity index (χ0v) is 21.8. The van der Waals surface area contributed by atoms with Crippen molar-refractivity contribution >= 4 is 27.3 Å². The summed E-state index contributed by atoms with van der Waals surface area (Å²) in [7, 11) is -1.79. The number of piperazine rings is 1. The lowest BCUT2D eigenvalue weighted by Crippen LogP contribution is -2.59. The fourth-order valence-corrected chi connectivity index (χ4v) is 7.16. The number of hydrogen-bond donors (Lipinski definition) is 1. The van der Waals surface area contributed by atoms with Gasteiger partial charge in [0.25, 0.3) is 0 Å². The van der Waals surface area contributed by atoms with Gasteiger partial charge in [-0.25, -0.2) is 13.1 Å². The Kier molecular flexibility index (Phi) is 7.55. The molecule has 0 radical (unpaired) electrons. The highest BCUT2D eigenvalue weighted by molar-refractivity contribution is 7.89. The van der Waals surface area contributed by atoms with Gasteiger partial charge in [0, 0.05) is 56.9 Å². The van der Waals surface area contributed by atoms with E-state index in [-0.39, 0.29) is 10.9 Å². The molecule has 4 fully saturated rings. The van der Waals surface area contributed by atoms with Gasteiger partial charge in [-0.05, 0) is 67.6 Å². The number of para-hydroxylation sites is 2. The predicted molar refractivity (Wildman–Crippen MR) is 140 cm³/mol. The number of ether oxygens (including phenoxy) is 1. The van der Waals surface area contributed by atoms with E-state index in [1.165, 1.54) is 12.1 Å². The Balaban J connectivity index is 1.11. The van der Waals surface area contributed by atoms with Crippen molar-refractivity contribution in [3.63, 3.8) is 0 Å². The van der Waals surface area contributed by atoms with Crippen LogP contribution in [0.5, 0.6) is 5.75 Å². The molecule has 4 heterocycles. The maximum absolute atomic E-state index is 12.7. The van der Waals surface area contributed by atoms with Crippen molar-refractivity contribution in [3.8, 4) is 5.75 Å². The van der Waals surface area contributed by atoms with Crippen LogP contribution in [0.4, 0.5) is 5.69 Å². The van der Waals surface area contributed by atoms with Gasteiger partial charge < -0.3 is 9.64 Å². The van der Waals surface area contributed by atoms with E-state index in [1.807, 2.05) is 12.1 Å². The normalized spacial score (nSPS) is 27.2. The first-order chi connectivity index (χ1) is 16.9. The zero-order valence-electron chi connectivity index (χ0n) is 20.3. The number of nitrogens with zero attached hydrogens (tertiary/aromatic N) is 3. The summed E-state index contributed by atoms with van der Waals surface area (Å²) >= 11 is 5.90. The van der Waals surface area contributed by atoms with Crippen LogP contribution in [0.15, 0.2) is 53.4 Å². The maximum Gasteiger partial charge on any atom is 0.240 e. The van der Waals surface area contributed by atoms with Gasteiger partial charge in [-0.2, -0.15) is 0 Å². The molecule has 0 saturated carbocycles. The number of anilines is 1. The molecule has 4 atom stereocenters. The summed E-state index contributed by atoms with van der Waals surface area (Å²) in [5.41, 5.74) is 1.18. The Morgan fingerprint density at radius 3 is 2.46 bits per heavy atom. The van der Waals surface area contributed by atoms with Gasteiger partial charge in [0.1, 0.15) is 5.75 Å². The van der Waals surface area contributed by atoms with Gasteiger partial charge >= 0.3 is 0 Å². The Bertz CT molecular complexity index is 1110. The van der Waals surface area contributed by atoms with Crippen molar-refractivity contribution < 1.29 is 13.2 Å². The Hall–Kier alpha value is -1.84. The van der Waals surface area contributed by atoms with E-state index in [9.17, 15) is 8.42 Å². The standard InChI is InChI=1S/C26H35ClN4O3S/c1-34-26-5-3-2-4-25(26)30-14-12-29(13-15-30)18-21-19-31-11-10-20(21)16-23(31)17-28-35(32,33)24-8-6-22(27)7-9-24/h2-9,20-21,23,28H,10-19H2,1H3/t20-,21-,23+/m0/s1. The van der Waals surface area contributed by atoms with E-state index in [0.29, 0.717) is 23.4 Å². The number of rotatable bonds is 8. The summed E-state index contributed by atoms with van der Waals surface area (Å²) < 4.78 is 33.8. The van der Waals surface area contributed by atoms with Crippen molar-refractivity contribution in [2.75, 3.05) is 64.4 Å². The van der Waals surface area contributed by atoms with Crippen molar-refractivity contribution in [2.45, 2.75) is 23.8 Å². The molecule has 7 nitrogen and oxygen atoms in total. The van der Waals surface area contributed by atoms with E-state index >= 15 is 0 Å². The second kappa shape index (κ2) is 10.6. The number of nitrogens with one attached hydrogen (secondary N) is 1. The van der Waals surface area contributed by atoms with Crippen LogP contribution in [0.1, 0.15) is 12.8 Å². The smallest absolute Gasteiger partial charge is 0.240 e. The third-order valence-electron chi connectivity index (χ3n) is 7.94. The average Bonchev–Trinajstić information content (AvgIpc) is 2.89. The first-order valence-electron chi connectivity index (χ1n) is 12.5. The molecular weight excluding hydrogens is 484 g/mol. The summed E-state index contributed by atoms with van der Waals surface area (Å²) in [6.45, 7) is 7.86. The number of hydrogen-bond acceptors (Lipinski definition) is 6. The number of benzene rings is 2. The molecule has 0 spiro atoms. The Morgan fingerprint density at radius 1 is 1.03 bits per heavy atom. The second-order valence-electron chi connectivity index (χ2n) is 9.96. The van der Waals surface area contributed by atoms with Gasteiger partial charge in [0.2, 0.25) is 10.0 Å². The minimum absolute atomic E-state index is 0.267. The molecule has 9 heteroatoms. The van der Waals surface area contributed by atoms with E-state index in [0.717, 1.165) is 58.0 Å². The zero-order chi connectivity index (χ0) is 24.4. The summed E-state index contributed by atoms with van der Waals surface area (Å²) in [5, 5.41) is 0.534. The number of piperidine rings is 3. The van der Waals surface area contributed by atoms with Gasteiger partial charge in [-0.15, -0.1) is 0 Å². The predicted octanol–water partition coefficient (Wildman–Crippen LogP) is 3.16. The Labute approximate surface area is 214 Å². The average molecular weight is 519 g/mol. The third kappa shape index (κ3) is 5.62.